The summed E-state index contributed by atoms with van der Waals surface area (Å²) >= 11 is 0. The van der Waals surface area contributed by atoms with Crippen LogP contribution in [0.2, 0.25) is 0 Å². The average Bonchev–Trinajstić information content (AvgIpc) is 3.43. The fraction of sp³-hybridized carbons (Fsp3) is 0.545. The van der Waals surface area contributed by atoms with Crippen molar-refractivity contribution in [1.82, 2.24) is 15.2 Å². The summed E-state index contributed by atoms with van der Waals surface area (Å²) in [5, 5.41) is 12.2. The first-order valence-corrected chi connectivity index (χ1v) is 10.9. The maximum atomic E-state index is 12.4. The molecular formula is C22H28N6O2. The molecule has 2 saturated heterocycles. The van der Waals surface area contributed by atoms with E-state index in [9.17, 15) is 4.79 Å². The number of amides is 1. The highest BCUT2D eigenvalue weighted by molar-refractivity contribution is 5.89. The maximum Gasteiger partial charge on any atom is 0.416 e. The molecule has 8 heteroatoms. The first-order chi connectivity index (χ1) is 14.7. The second-order valence-electron chi connectivity index (χ2n) is 8.62. The van der Waals surface area contributed by atoms with E-state index in [2.05, 4.69) is 31.5 Å². The van der Waals surface area contributed by atoms with Gasteiger partial charge in [-0.05, 0) is 68.7 Å². The number of pyridine rings is 1. The highest BCUT2D eigenvalue weighted by Gasteiger charge is 2.47. The first kappa shape index (κ1) is 19.1. The smallest absolute Gasteiger partial charge is 0.416 e. The molecular weight excluding hydrogens is 380 g/mol. The van der Waals surface area contributed by atoms with Crippen LogP contribution in [0.5, 0.6) is 0 Å². The fourth-order valence-electron chi connectivity index (χ4n) is 4.76. The number of ether oxygens (including phenoxy) is 1. The quantitative estimate of drug-likeness (QED) is 0.811. The van der Waals surface area contributed by atoms with Crippen molar-refractivity contribution in [3.8, 4) is 0 Å². The molecule has 0 unspecified atom stereocenters. The van der Waals surface area contributed by atoms with Crippen LogP contribution >= 0.6 is 0 Å². The van der Waals surface area contributed by atoms with Crippen LogP contribution in [-0.2, 0) is 4.74 Å². The molecule has 8 nitrogen and oxygen atoms in total. The Morgan fingerprint density at radius 1 is 1.07 bits per heavy atom. The van der Waals surface area contributed by atoms with Gasteiger partial charge in [-0.2, -0.15) is 0 Å². The van der Waals surface area contributed by atoms with Gasteiger partial charge < -0.3 is 15.0 Å². The van der Waals surface area contributed by atoms with E-state index in [1.807, 2.05) is 24.3 Å². The zero-order valence-corrected chi connectivity index (χ0v) is 17.2. The lowest BCUT2D eigenvalue weighted by Crippen LogP contribution is -2.39. The predicted molar refractivity (Wildman–Crippen MR) is 115 cm³/mol. The number of aromatic nitrogens is 3. The third kappa shape index (κ3) is 3.91. The number of carbonyl (C=O) groups is 1. The van der Waals surface area contributed by atoms with E-state index in [-0.39, 0.29) is 11.7 Å². The topological polar surface area (TPSA) is 83.5 Å². The van der Waals surface area contributed by atoms with Gasteiger partial charge in [0.2, 0.25) is 0 Å². The molecule has 0 radical (unpaired) electrons. The molecule has 1 N–H and O–H groups in total. The van der Waals surface area contributed by atoms with Crippen LogP contribution in [0.1, 0.15) is 38.5 Å². The van der Waals surface area contributed by atoms with Crippen LogP contribution in [0.3, 0.4) is 0 Å². The summed E-state index contributed by atoms with van der Waals surface area (Å²) in [7, 11) is 0. The van der Waals surface area contributed by atoms with Gasteiger partial charge in [-0.25, -0.2) is 9.78 Å². The zero-order chi connectivity index (χ0) is 20.4. The van der Waals surface area contributed by atoms with Gasteiger partial charge in [0.25, 0.3) is 0 Å². The third-order valence-electron chi connectivity index (χ3n) is 6.57. The number of anilines is 3. The standard InChI is InChI=1S/C22H28N6O2/c29-21-28(19-5-1-2-12-23-19)16-22(30-21)10-8-17(9-11-22)15-24-18-6-7-20(26-25-18)27-13-3-4-14-27/h1-2,5-7,12,17H,3-4,8-11,13-16H2,(H,24,25). The summed E-state index contributed by atoms with van der Waals surface area (Å²) in [6, 6.07) is 9.67. The molecule has 2 aromatic rings. The number of nitrogens with zero attached hydrogens (tertiary/aromatic N) is 5. The second kappa shape index (κ2) is 8.08. The van der Waals surface area contributed by atoms with E-state index < -0.39 is 0 Å². The van der Waals surface area contributed by atoms with Gasteiger partial charge in [-0.1, -0.05) is 6.07 Å². The normalized spacial score (nSPS) is 26.3. The summed E-state index contributed by atoms with van der Waals surface area (Å²) in [6.45, 7) is 3.61. The van der Waals surface area contributed by atoms with Crippen LogP contribution in [0.4, 0.5) is 22.2 Å². The van der Waals surface area contributed by atoms with E-state index in [1.54, 1.807) is 11.1 Å². The van der Waals surface area contributed by atoms with Crippen molar-refractivity contribution in [1.29, 1.82) is 0 Å². The molecule has 1 spiro atoms. The molecule has 2 aliphatic heterocycles. The summed E-state index contributed by atoms with van der Waals surface area (Å²) in [4.78, 5) is 20.6. The van der Waals surface area contributed by atoms with E-state index in [0.29, 0.717) is 18.3 Å². The molecule has 30 heavy (non-hydrogen) atoms. The molecule has 1 amide bonds. The molecule has 0 aromatic carbocycles. The Morgan fingerprint density at radius 3 is 2.60 bits per heavy atom. The lowest BCUT2D eigenvalue weighted by molar-refractivity contribution is 0.0148. The molecule has 3 fully saturated rings. The van der Waals surface area contributed by atoms with Gasteiger partial charge in [-0.15, -0.1) is 10.2 Å². The summed E-state index contributed by atoms with van der Waals surface area (Å²) in [5.41, 5.74) is -0.373. The van der Waals surface area contributed by atoms with E-state index in [4.69, 9.17) is 4.74 Å². The van der Waals surface area contributed by atoms with Crippen molar-refractivity contribution < 1.29 is 9.53 Å². The fourth-order valence-corrected chi connectivity index (χ4v) is 4.76. The highest BCUT2D eigenvalue weighted by atomic mass is 16.6. The SMILES string of the molecule is O=C1OC2(CCC(CNc3ccc(N4CCCC4)nn3)CC2)CN1c1ccccn1. The average molecular weight is 409 g/mol. The highest BCUT2D eigenvalue weighted by Crippen LogP contribution is 2.40. The number of nitrogens with one attached hydrogen (secondary N) is 1. The van der Waals surface area contributed by atoms with Crippen LogP contribution in [0.15, 0.2) is 36.5 Å². The molecule has 1 saturated carbocycles. The Morgan fingerprint density at radius 2 is 1.90 bits per heavy atom. The molecule has 158 valence electrons. The minimum Gasteiger partial charge on any atom is -0.441 e. The van der Waals surface area contributed by atoms with Crippen molar-refractivity contribution in [3.05, 3.63) is 36.5 Å². The van der Waals surface area contributed by atoms with Gasteiger partial charge in [0.05, 0.1) is 6.54 Å². The van der Waals surface area contributed by atoms with Crippen molar-refractivity contribution in [3.63, 3.8) is 0 Å². The number of carbonyl (C=O) groups excluding carboxylic acids is 1. The Hall–Kier alpha value is -2.90. The van der Waals surface area contributed by atoms with Gasteiger partial charge >= 0.3 is 6.09 Å². The van der Waals surface area contributed by atoms with E-state index >= 15 is 0 Å². The number of hydrogen-bond donors (Lipinski definition) is 1. The molecule has 4 heterocycles. The Bertz CT molecular complexity index is 861. The van der Waals surface area contributed by atoms with Crippen LogP contribution < -0.4 is 15.1 Å². The molecule has 5 rings (SSSR count). The molecule has 0 atom stereocenters. The third-order valence-corrected chi connectivity index (χ3v) is 6.57. The summed E-state index contributed by atoms with van der Waals surface area (Å²) in [5.74, 6) is 3.00. The zero-order valence-electron chi connectivity index (χ0n) is 17.2. The second-order valence-corrected chi connectivity index (χ2v) is 8.62. The molecule has 3 aliphatic rings. The van der Waals surface area contributed by atoms with Gasteiger partial charge in [-0.3, -0.25) is 4.90 Å². The maximum absolute atomic E-state index is 12.4. The molecule has 1 aliphatic carbocycles. The summed E-state index contributed by atoms with van der Waals surface area (Å²) in [6.07, 6.45) is 7.71. The van der Waals surface area contributed by atoms with E-state index in [0.717, 1.165) is 57.0 Å². The monoisotopic (exact) mass is 408 g/mol. The molecule has 2 aromatic heterocycles. The number of rotatable bonds is 5. The van der Waals surface area contributed by atoms with Gasteiger partial charge in [0.15, 0.2) is 5.82 Å². The largest absolute Gasteiger partial charge is 0.441 e. The van der Waals surface area contributed by atoms with Crippen molar-refractivity contribution in [2.75, 3.05) is 41.3 Å². The lowest BCUT2D eigenvalue weighted by atomic mass is 9.78. The molecule has 0 bridgehead atoms. The van der Waals surface area contributed by atoms with Crippen LogP contribution in [-0.4, -0.2) is 53.1 Å². The Labute approximate surface area is 176 Å². The lowest BCUT2D eigenvalue weighted by Gasteiger charge is -2.35. The van der Waals surface area contributed by atoms with Crippen molar-refractivity contribution in [2.45, 2.75) is 44.1 Å². The minimum absolute atomic E-state index is 0.279. The summed E-state index contributed by atoms with van der Waals surface area (Å²) < 4.78 is 5.83. The Balaban J connectivity index is 1.12. The van der Waals surface area contributed by atoms with Gasteiger partial charge in [0, 0.05) is 25.8 Å². The Kier molecular flexibility index (Phi) is 5.14. The minimum atomic E-state index is -0.373. The van der Waals surface area contributed by atoms with Crippen LogP contribution in [0, 0.1) is 5.92 Å². The van der Waals surface area contributed by atoms with Gasteiger partial charge in [0.1, 0.15) is 17.2 Å². The number of hydrogen-bond acceptors (Lipinski definition) is 7. The predicted octanol–water partition coefficient (Wildman–Crippen LogP) is 3.47. The van der Waals surface area contributed by atoms with E-state index in [1.165, 1.54) is 12.8 Å². The van der Waals surface area contributed by atoms with Crippen molar-refractivity contribution >= 4 is 23.5 Å². The van der Waals surface area contributed by atoms with Crippen molar-refractivity contribution in [2.24, 2.45) is 5.92 Å². The first-order valence-electron chi connectivity index (χ1n) is 10.9. The van der Waals surface area contributed by atoms with Crippen LogP contribution in [0.25, 0.3) is 0 Å².